The van der Waals surface area contributed by atoms with Gasteiger partial charge in [-0.05, 0) is 51.4 Å². The van der Waals surface area contributed by atoms with Crippen LogP contribution in [0.15, 0.2) is 24.5 Å². The number of ether oxygens (including phenoxy) is 2. The van der Waals surface area contributed by atoms with Crippen molar-refractivity contribution in [3.05, 3.63) is 30.1 Å². The maximum absolute atomic E-state index is 6.54. The summed E-state index contributed by atoms with van der Waals surface area (Å²) in [5.41, 5.74) is 1.17. The Morgan fingerprint density at radius 1 is 1.38 bits per heavy atom. The molecule has 3 rings (SSSR count). The lowest BCUT2D eigenvalue weighted by atomic mass is 9.99. The normalized spacial score (nSPS) is 28.8. The average Bonchev–Trinajstić information content (AvgIpc) is 2.83. The summed E-state index contributed by atoms with van der Waals surface area (Å²) in [6.45, 7) is 9.83. The molecule has 2 fully saturated rings. The van der Waals surface area contributed by atoms with Gasteiger partial charge >= 0.3 is 0 Å². The van der Waals surface area contributed by atoms with Crippen molar-refractivity contribution in [2.75, 3.05) is 39.9 Å². The van der Waals surface area contributed by atoms with Crippen molar-refractivity contribution >= 4 is 0 Å². The van der Waals surface area contributed by atoms with Gasteiger partial charge in [-0.3, -0.25) is 9.88 Å². The van der Waals surface area contributed by atoms with E-state index < -0.39 is 0 Å². The van der Waals surface area contributed by atoms with Crippen molar-refractivity contribution in [1.82, 2.24) is 14.8 Å². The molecule has 134 valence electrons. The highest BCUT2D eigenvalue weighted by Gasteiger charge is 2.43. The lowest BCUT2D eigenvalue weighted by Gasteiger charge is -2.33. The molecule has 0 bridgehead atoms. The topological polar surface area (TPSA) is 37.8 Å². The number of aromatic nitrogens is 1. The molecule has 2 saturated heterocycles. The predicted octanol–water partition coefficient (Wildman–Crippen LogP) is 2.17. The second-order valence-corrected chi connectivity index (χ2v) is 7.61. The monoisotopic (exact) mass is 333 g/mol. The molecule has 24 heavy (non-hydrogen) atoms. The van der Waals surface area contributed by atoms with Crippen LogP contribution in [0.5, 0.6) is 0 Å². The minimum atomic E-state index is -0.133. The average molecular weight is 333 g/mol. The van der Waals surface area contributed by atoms with E-state index in [1.165, 1.54) is 5.56 Å². The van der Waals surface area contributed by atoms with Gasteiger partial charge in [0.2, 0.25) is 0 Å². The van der Waals surface area contributed by atoms with Crippen molar-refractivity contribution in [1.29, 1.82) is 0 Å². The Balaban J connectivity index is 1.60. The maximum atomic E-state index is 6.54. The number of pyridine rings is 1. The summed E-state index contributed by atoms with van der Waals surface area (Å²) >= 11 is 0. The third-order valence-corrected chi connectivity index (χ3v) is 5.30. The van der Waals surface area contributed by atoms with Crippen LogP contribution in [0.3, 0.4) is 0 Å². The minimum absolute atomic E-state index is 0.133. The van der Waals surface area contributed by atoms with Crippen molar-refractivity contribution in [3.63, 3.8) is 0 Å². The van der Waals surface area contributed by atoms with Crippen LogP contribution < -0.4 is 0 Å². The Morgan fingerprint density at radius 3 is 2.92 bits per heavy atom. The van der Waals surface area contributed by atoms with E-state index in [2.05, 4.69) is 47.8 Å². The molecular formula is C19H31N3O2. The van der Waals surface area contributed by atoms with Gasteiger partial charge in [0.05, 0.1) is 19.3 Å². The molecule has 1 spiro atoms. The van der Waals surface area contributed by atoms with Crippen LogP contribution in [0.25, 0.3) is 0 Å². The molecule has 3 heterocycles. The minimum Gasteiger partial charge on any atom is -0.377 e. The van der Waals surface area contributed by atoms with Gasteiger partial charge in [-0.15, -0.1) is 0 Å². The Hall–Kier alpha value is -1.01. The van der Waals surface area contributed by atoms with Crippen molar-refractivity contribution in [3.8, 4) is 0 Å². The van der Waals surface area contributed by atoms with Gasteiger partial charge < -0.3 is 14.4 Å². The molecule has 0 N–H and O–H groups in total. The third kappa shape index (κ3) is 4.54. The first-order valence-corrected chi connectivity index (χ1v) is 9.13. The van der Waals surface area contributed by atoms with Crippen molar-refractivity contribution in [2.45, 2.75) is 51.0 Å². The summed E-state index contributed by atoms with van der Waals surface area (Å²) in [5, 5.41) is 0. The number of likely N-dealkylation sites (N-methyl/N-ethyl adjacent to an activating group) is 1. The highest BCUT2D eigenvalue weighted by molar-refractivity contribution is 5.10. The van der Waals surface area contributed by atoms with Crippen molar-refractivity contribution < 1.29 is 9.47 Å². The third-order valence-electron chi connectivity index (χ3n) is 5.30. The van der Waals surface area contributed by atoms with E-state index in [9.17, 15) is 0 Å². The number of hydrogen-bond donors (Lipinski definition) is 0. The van der Waals surface area contributed by atoms with Gasteiger partial charge in [0.25, 0.3) is 0 Å². The molecule has 2 atom stereocenters. The van der Waals surface area contributed by atoms with E-state index in [1.807, 2.05) is 12.4 Å². The fourth-order valence-electron chi connectivity index (χ4n) is 3.64. The number of rotatable bonds is 5. The highest BCUT2D eigenvalue weighted by atomic mass is 16.6. The van der Waals surface area contributed by atoms with Gasteiger partial charge in [0, 0.05) is 44.6 Å². The fourth-order valence-corrected chi connectivity index (χ4v) is 3.64. The summed E-state index contributed by atoms with van der Waals surface area (Å²) in [6.07, 6.45) is 6.27. The summed E-state index contributed by atoms with van der Waals surface area (Å²) in [7, 11) is 2.18. The second kappa shape index (κ2) is 7.91. The Kier molecular flexibility index (Phi) is 5.87. The van der Waals surface area contributed by atoms with E-state index in [1.54, 1.807) is 0 Å². The fraction of sp³-hybridized carbons (Fsp3) is 0.737. The van der Waals surface area contributed by atoms with Crippen LogP contribution in [0.2, 0.25) is 0 Å². The van der Waals surface area contributed by atoms with Gasteiger partial charge in [0.15, 0.2) is 0 Å². The molecule has 0 unspecified atom stereocenters. The molecule has 0 aliphatic carbocycles. The van der Waals surface area contributed by atoms with E-state index in [0.29, 0.717) is 12.1 Å². The Labute approximate surface area is 145 Å². The molecule has 2 aliphatic rings. The van der Waals surface area contributed by atoms with E-state index in [4.69, 9.17) is 9.47 Å². The standard InChI is InChI=1S/C19H31N3O2/c1-16(2)21(3)13-18-4-7-19(24-18)14-22(10-11-23-15-19)12-17-5-8-20-9-6-17/h5-6,8-9,16,18H,4,7,10-15H2,1-3H3/t18-,19+/m1/s1. The first kappa shape index (κ1) is 17.8. The van der Waals surface area contributed by atoms with Gasteiger partial charge in [-0.25, -0.2) is 0 Å². The molecule has 0 amide bonds. The Morgan fingerprint density at radius 2 is 2.17 bits per heavy atom. The van der Waals surface area contributed by atoms with E-state index in [-0.39, 0.29) is 5.60 Å². The van der Waals surface area contributed by atoms with Gasteiger partial charge in [-0.1, -0.05) is 0 Å². The van der Waals surface area contributed by atoms with Gasteiger partial charge in [-0.2, -0.15) is 0 Å². The summed E-state index contributed by atoms with van der Waals surface area (Å²) in [5.74, 6) is 0. The first-order valence-electron chi connectivity index (χ1n) is 9.13. The SMILES string of the molecule is CC(C)N(C)C[C@H]1CC[C@]2(COCCN(Cc3ccncc3)C2)O1. The lowest BCUT2D eigenvalue weighted by Crippen LogP contribution is -2.45. The summed E-state index contributed by atoms with van der Waals surface area (Å²) < 4.78 is 12.4. The zero-order valence-corrected chi connectivity index (χ0v) is 15.3. The quantitative estimate of drug-likeness (QED) is 0.826. The van der Waals surface area contributed by atoms with Crippen LogP contribution in [-0.4, -0.2) is 72.4 Å². The maximum Gasteiger partial charge on any atom is 0.105 e. The zero-order valence-electron chi connectivity index (χ0n) is 15.3. The molecule has 1 aromatic heterocycles. The van der Waals surface area contributed by atoms with Gasteiger partial charge in [0.1, 0.15) is 5.60 Å². The Bertz CT molecular complexity index is 511. The number of nitrogens with zero attached hydrogens (tertiary/aromatic N) is 3. The molecule has 0 aromatic carbocycles. The molecular weight excluding hydrogens is 302 g/mol. The highest BCUT2D eigenvalue weighted by Crippen LogP contribution is 2.33. The van der Waals surface area contributed by atoms with E-state index >= 15 is 0 Å². The summed E-state index contributed by atoms with van der Waals surface area (Å²) in [4.78, 5) is 8.95. The summed E-state index contributed by atoms with van der Waals surface area (Å²) in [6, 6.07) is 4.74. The molecule has 1 aromatic rings. The van der Waals surface area contributed by atoms with Crippen LogP contribution in [0.1, 0.15) is 32.3 Å². The molecule has 5 heteroatoms. The van der Waals surface area contributed by atoms with Crippen LogP contribution >= 0.6 is 0 Å². The largest absolute Gasteiger partial charge is 0.377 e. The lowest BCUT2D eigenvalue weighted by molar-refractivity contribution is -0.0924. The zero-order chi connectivity index (χ0) is 17.0. The molecule has 0 radical (unpaired) electrons. The number of hydrogen-bond acceptors (Lipinski definition) is 5. The van der Waals surface area contributed by atoms with Crippen molar-refractivity contribution in [2.24, 2.45) is 0 Å². The predicted molar refractivity (Wildman–Crippen MR) is 94.9 cm³/mol. The smallest absolute Gasteiger partial charge is 0.105 e. The second-order valence-electron chi connectivity index (χ2n) is 7.61. The van der Waals surface area contributed by atoms with Crippen LogP contribution in [0.4, 0.5) is 0 Å². The van der Waals surface area contributed by atoms with E-state index in [0.717, 1.165) is 52.2 Å². The first-order chi connectivity index (χ1) is 11.6. The van der Waals surface area contributed by atoms with Crippen LogP contribution in [0, 0.1) is 0 Å². The molecule has 2 aliphatic heterocycles. The van der Waals surface area contributed by atoms with Crippen LogP contribution in [-0.2, 0) is 16.0 Å². The molecule has 0 saturated carbocycles. The molecule has 5 nitrogen and oxygen atoms in total.